The number of H-pyrrole nitrogens is 1. The molecule has 3 saturated heterocycles. The first kappa shape index (κ1) is 50.7. The van der Waals surface area contributed by atoms with Crippen LogP contribution >= 0.6 is 11.6 Å². The maximum absolute atomic E-state index is 14.6. The third kappa shape index (κ3) is 11.3. The second-order valence-electron chi connectivity index (χ2n) is 20.3. The number of piperazine rings is 1. The number of nitrogens with one attached hydrogen (secondary N) is 3. The van der Waals surface area contributed by atoms with E-state index in [-0.39, 0.29) is 47.6 Å². The number of nitro benzene ring substituents is 1. The van der Waals surface area contributed by atoms with E-state index in [9.17, 15) is 23.3 Å². The molecule has 0 spiro atoms. The van der Waals surface area contributed by atoms with E-state index in [2.05, 4.69) is 50.8 Å². The minimum atomic E-state index is -4.64. The summed E-state index contributed by atoms with van der Waals surface area (Å²) in [5.41, 5.74) is 6.10. The van der Waals surface area contributed by atoms with Crippen molar-refractivity contribution in [2.75, 3.05) is 94.5 Å². The van der Waals surface area contributed by atoms with Gasteiger partial charge in [-0.25, -0.2) is 13.1 Å². The van der Waals surface area contributed by atoms with Crippen LogP contribution in [0.1, 0.15) is 68.3 Å². The van der Waals surface area contributed by atoms with Gasteiger partial charge in [0.1, 0.15) is 17.0 Å². The van der Waals surface area contributed by atoms with Crippen LogP contribution in [0.5, 0.6) is 5.88 Å². The zero-order chi connectivity index (χ0) is 50.9. The lowest BCUT2D eigenvalue weighted by Crippen LogP contribution is -2.56. The first-order valence-corrected chi connectivity index (χ1v) is 27.0. The van der Waals surface area contributed by atoms with Crippen LogP contribution in [0.3, 0.4) is 0 Å². The van der Waals surface area contributed by atoms with Crippen molar-refractivity contribution in [3.63, 3.8) is 0 Å². The Morgan fingerprint density at radius 2 is 1.82 bits per heavy atom. The average molecular weight is 1040 g/mol. The first-order chi connectivity index (χ1) is 35.2. The van der Waals surface area contributed by atoms with Crippen LogP contribution < -0.4 is 24.6 Å². The van der Waals surface area contributed by atoms with Gasteiger partial charge in [-0.1, -0.05) is 37.6 Å². The highest BCUT2D eigenvalue weighted by molar-refractivity contribution is 7.90. The lowest BCUT2D eigenvalue weighted by Gasteiger charge is -2.45. The molecule has 4 aliphatic heterocycles. The van der Waals surface area contributed by atoms with E-state index in [1.54, 1.807) is 19.4 Å². The summed E-state index contributed by atoms with van der Waals surface area (Å²) in [6.07, 6.45) is 6.20. The predicted octanol–water partition coefficient (Wildman–Crippen LogP) is 8.34. The van der Waals surface area contributed by atoms with E-state index in [1.807, 2.05) is 41.3 Å². The molecule has 10 rings (SSSR count). The monoisotopic (exact) mass is 1040 g/mol. The molecule has 18 nitrogen and oxygen atoms in total. The Kier molecular flexibility index (Phi) is 15.0. The smallest absolute Gasteiger partial charge is 0.293 e. The number of pyridine rings is 1. The number of rotatable bonds is 11. The first-order valence-electron chi connectivity index (χ1n) is 25.1. The van der Waals surface area contributed by atoms with E-state index in [0.29, 0.717) is 93.4 Å². The molecule has 6 heterocycles. The quantitative estimate of drug-likeness (QED) is 0.0841. The van der Waals surface area contributed by atoms with Gasteiger partial charge in [0.25, 0.3) is 21.6 Å². The van der Waals surface area contributed by atoms with Crippen molar-refractivity contribution in [3.8, 4) is 5.88 Å². The summed E-state index contributed by atoms with van der Waals surface area (Å²) in [6, 6.07) is 21.0. The number of carbonyl (C=O) groups is 1. The molecule has 0 radical (unpaired) electrons. The summed E-state index contributed by atoms with van der Waals surface area (Å²) < 4.78 is 61.0. The zero-order valence-electron chi connectivity index (χ0n) is 41.4. The van der Waals surface area contributed by atoms with E-state index >= 15 is 0 Å². The summed E-state index contributed by atoms with van der Waals surface area (Å²) in [5.74, 6) is -0.535. The number of sulfonamides is 1. The summed E-state index contributed by atoms with van der Waals surface area (Å²) in [4.78, 5) is 40.6. The van der Waals surface area contributed by atoms with Crippen LogP contribution in [0, 0.1) is 15.5 Å². The van der Waals surface area contributed by atoms with Gasteiger partial charge in [-0.05, 0) is 115 Å². The van der Waals surface area contributed by atoms with Crippen molar-refractivity contribution < 1.29 is 41.8 Å². The number of anilines is 4. The van der Waals surface area contributed by atoms with E-state index < -0.39 is 31.4 Å². The number of hydrogen-bond donors (Lipinski definition) is 3. The largest absolute Gasteiger partial charge is 0.476 e. The van der Waals surface area contributed by atoms with E-state index in [1.165, 1.54) is 23.3 Å². The highest BCUT2D eigenvalue weighted by Crippen LogP contribution is 2.46. The summed E-state index contributed by atoms with van der Waals surface area (Å²) >= 11 is 6.38. The van der Waals surface area contributed by atoms with E-state index in [4.69, 9.17) is 40.3 Å². The fraction of sp³-hybridized carbons (Fsp3) is 0.472. The molecular weight excluding hydrogens is 976 g/mol. The summed E-state index contributed by atoms with van der Waals surface area (Å²) in [7, 11) is -3.01. The fourth-order valence-corrected chi connectivity index (χ4v) is 11.9. The second kappa shape index (κ2) is 21.6. The van der Waals surface area contributed by atoms with Gasteiger partial charge < -0.3 is 43.8 Å². The molecular formula is C53H63ClN8O10S. The Labute approximate surface area is 430 Å². The van der Waals surface area contributed by atoms with Crippen molar-refractivity contribution >= 4 is 72.6 Å². The minimum Gasteiger partial charge on any atom is -0.476 e. The second-order valence-corrected chi connectivity index (χ2v) is 22.5. The number of allylic oxidation sites excluding steroid dienone is 1. The lowest BCUT2D eigenvalue weighted by atomic mass is 9.71. The summed E-state index contributed by atoms with van der Waals surface area (Å²) in [6.45, 7) is 10.5. The van der Waals surface area contributed by atoms with Gasteiger partial charge in [-0.2, -0.15) is 4.98 Å². The van der Waals surface area contributed by atoms with Crippen molar-refractivity contribution in [1.29, 1.82) is 0 Å². The number of fused-ring (bicyclic) bond motifs is 4. The molecule has 0 bridgehead atoms. The highest BCUT2D eigenvalue weighted by Gasteiger charge is 2.39. The van der Waals surface area contributed by atoms with Gasteiger partial charge in [0.2, 0.25) is 5.88 Å². The molecule has 1 amide bonds. The molecule has 3 fully saturated rings. The predicted molar refractivity (Wildman–Crippen MR) is 280 cm³/mol. The number of halogens is 1. The molecule has 1 aliphatic carbocycles. The molecule has 4 atom stereocenters. The number of methoxy groups -OCH3 is 1. The number of nitrogens with zero attached hydrogens (tertiary/aromatic N) is 5. The Hall–Kier alpha value is -5.80. The molecule has 5 aliphatic rings. The molecule has 0 saturated carbocycles. The van der Waals surface area contributed by atoms with Gasteiger partial charge in [-0.15, -0.1) is 0 Å². The molecule has 3 N–H and O–H groups in total. The highest BCUT2D eigenvalue weighted by atomic mass is 35.5. The van der Waals surface area contributed by atoms with Crippen LogP contribution in [-0.4, -0.2) is 138 Å². The van der Waals surface area contributed by atoms with Gasteiger partial charge in [0, 0.05) is 88.0 Å². The van der Waals surface area contributed by atoms with Gasteiger partial charge in [0.05, 0.1) is 65.2 Å². The molecule has 388 valence electrons. The van der Waals surface area contributed by atoms with Crippen LogP contribution in [0.2, 0.25) is 5.02 Å². The maximum atomic E-state index is 14.6. The van der Waals surface area contributed by atoms with Crippen molar-refractivity contribution in [2.45, 2.75) is 81.6 Å². The number of benzene rings is 3. The molecule has 20 heteroatoms. The number of nitro groups is 1. The Morgan fingerprint density at radius 1 is 0.973 bits per heavy atom. The average Bonchev–Trinajstić information content (AvgIpc) is 3.73. The number of aromatic nitrogens is 2. The van der Waals surface area contributed by atoms with Gasteiger partial charge >= 0.3 is 0 Å². The Bertz CT molecular complexity index is 2980. The van der Waals surface area contributed by atoms with Gasteiger partial charge in [-0.3, -0.25) is 19.8 Å². The molecule has 3 aromatic carbocycles. The topological polar surface area (TPSA) is 203 Å². The SMILES string of the molecule is CO[C@H]1CC[C@H](CNc2ccc(S(=O)(=O)NC(=O)c3ccc(N4CCN5CC6=C(c7ccc(Cl)cc7)CC(C)(C)C[C@H]6OCCCOC[C@@H]5C4)cc3N3CCCOc4nc5[nH]ccc5cc43)cc2[N+](=O)[O-])OC1. The van der Waals surface area contributed by atoms with Crippen LogP contribution in [0.4, 0.5) is 28.4 Å². The van der Waals surface area contributed by atoms with Crippen LogP contribution in [0.15, 0.2) is 89.5 Å². The molecule has 73 heavy (non-hydrogen) atoms. The zero-order valence-corrected chi connectivity index (χ0v) is 43.0. The van der Waals surface area contributed by atoms with Crippen LogP contribution in [-0.2, 0) is 29.0 Å². The Balaban J connectivity index is 0.955. The molecule has 5 aromatic rings. The number of aromatic amines is 1. The van der Waals surface area contributed by atoms with Crippen molar-refractivity contribution in [3.05, 3.63) is 111 Å². The van der Waals surface area contributed by atoms with Crippen LogP contribution in [0.25, 0.3) is 16.6 Å². The minimum absolute atomic E-state index is 0.00579. The van der Waals surface area contributed by atoms with Gasteiger partial charge in [0.15, 0.2) is 0 Å². The maximum Gasteiger partial charge on any atom is 0.293 e. The molecule has 2 aromatic heterocycles. The lowest BCUT2D eigenvalue weighted by molar-refractivity contribution is -0.384. The van der Waals surface area contributed by atoms with Crippen molar-refractivity contribution in [1.82, 2.24) is 19.6 Å². The number of carbonyl (C=O) groups excluding carboxylic acids is 1. The standard InChI is InChI=1S/C53H63ClN8O10S/c1-53(2)27-43(34-6-8-36(54)9-7-34)44-31-60-20-19-59(30-38(60)32-69-21-5-23-70-49(44)28-53)37-10-14-42(46(25-37)61-18-4-22-71-52-48(61)24-35-16-17-55-50(35)57-52)51(63)58-73(66,67)41-13-15-45(47(26-41)62(64)65)56-29-39-11-12-40(68-3)33-72-39/h6-10,13-17,24-26,38-40,49,56H,4-5,11-12,18-23,27-33H2,1-3H3,(H,55,57)(H,58,63)/t38-,39+,40-,49+/m0/s1. The number of hydrogen-bond acceptors (Lipinski definition) is 15. The number of amides is 1. The third-order valence-electron chi connectivity index (χ3n) is 14.7. The van der Waals surface area contributed by atoms with E-state index in [0.717, 1.165) is 61.5 Å². The third-order valence-corrected chi connectivity index (χ3v) is 16.3. The number of ether oxygens (including phenoxy) is 5. The van der Waals surface area contributed by atoms with Crippen molar-refractivity contribution in [2.24, 2.45) is 5.41 Å². The molecule has 0 unspecified atom stereocenters. The summed E-state index contributed by atoms with van der Waals surface area (Å²) in [5, 5.41) is 16.9. The Morgan fingerprint density at radius 3 is 2.62 bits per heavy atom. The normalized spacial score (nSPS) is 23.0. The fourth-order valence-electron chi connectivity index (χ4n) is 10.8.